The van der Waals surface area contributed by atoms with E-state index in [4.69, 9.17) is 0 Å². The van der Waals surface area contributed by atoms with Gasteiger partial charge in [-0.1, -0.05) is 36.4 Å². The van der Waals surface area contributed by atoms with Crippen molar-refractivity contribution in [1.29, 1.82) is 0 Å². The zero-order valence-corrected chi connectivity index (χ0v) is 20.0. The van der Waals surface area contributed by atoms with Gasteiger partial charge in [-0.2, -0.15) is 0 Å². The number of amides is 4. The monoisotopic (exact) mass is 483 g/mol. The lowest BCUT2D eigenvalue weighted by Gasteiger charge is -2.24. The standard InChI is InChI=1S/C28H29N5O3/c34-25(30-23-11-5-8-20-19-7-2-4-10-22(19)31-26(20)23)13-12-24-27(35)33(28(36)32-24)15-14-17-16-29-21-9-3-1-6-18(17)21/h1-4,6-7,9-10,16,23-24,29,31H,5,8,11-15H2,(H,30,34)(H,32,36)/t23-,24-/m0/s1. The molecule has 0 bridgehead atoms. The van der Waals surface area contributed by atoms with Crippen molar-refractivity contribution in [2.75, 3.05) is 6.54 Å². The van der Waals surface area contributed by atoms with E-state index in [1.807, 2.05) is 42.6 Å². The molecule has 4 amide bonds. The van der Waals surface area contributed by atoms with Crippen LogP contribution in [0.25, 0.3) is 21.8 Å². The van der Waals surface area contributed by atoms with E-state index in [1.54, 1.807) is 0 Å². The maximum atomic E-state index is 12.9. The van der Waals surface area contributed by atoms with Crippen molar-refractivity contribution in [3.05, 3.63) is 71.5 Å². The Bertz CT molecular complexity index is 1470. The molecule has 4 N–H and O–H groups in total. The number of aromatic nitrogens is 2. The highest BCUT2D eigenvalue weighted by Crippen LogP contribution is 2.34. The molecule has 2 aromatic heterocycles. The summed E-state index contributed by atoms with van der Waals surface area (Å²) in [5.74, 6) is -0.367. The van der Waals surface area contributed by atoms with Gasteiger partial charge in [0.1, 0.15) is 6.04 Å². The van der Waals surface area contributed by atoms with Crippen LogP contribution >= 0.6 is 0 Å². The van der Waals surface area contributed by atoms with E-state index >= 15 is 0 Å². The summed E-state index contributed by atoms with van der Waals surface area (Å²) in [4.78, 5) is 46.2. The average molecular weight is 484 g/mol. The average Bonchev–Trinajstić information content (AvgIpc) is 3.56. The summed E-state index contributed by atoms with van der Waals surface area (Å²) in [6.07, 6.45) is 5.86. The van der Waals surface area contributed by atoms with Crippen LogP contribution in [0.3, 0.4) is 0 Å². The van der Waals surface area contributed by atoms with E-state index in [2.05, 4.69) is 32.7 Å². The van der Waals surface area contributed by atoms with Gasteiger partial charge in [0.05, 0.1) is 6.04 Å². The lowest BCUT2D eigenvalue weighted by Crippen LogP contribution is -2.35. The molecule has 2 atom stereocenters. The summed E-state index contributed by atoms with van der Waals surface area (Å²) >= 11 is 0. The second-order valence-electron chi connectivity index (χ2n) is 9.72. The van der Waals surface area contributed by atoms with Gasteiger partial charge in [0.15, 0.2) is 0 Å². The molecule has 4 aromatic rings. The maximum absolute atomic E-state index is 12.9. The first-order valence-corrected chi connectivity index (χ1v) is 12.6. The molecule has 1 fully saturated rings. The van der Waals surface area contributed by atoms with E-state index in [1.165, 1.54) is 15.8 Å². The molecule has 0 radical (unpaired) electrons. The van der Waals surface area contributed by atoms with Crippen molar-refractivity contribution in [3.63, 3.8) is 0 Å². The number of carbonyl (C=O) groups is 3. The second kappa shape index (κ2) is 9.18. The number of benzene rings is 2. The highest BCUT2D eigenvalue weighted by molar-refractivity contribution is 6.04. The van der Waals surface area contributed by atoms with Crippen LogP contribution in [0.2, 0.25) is 0 Å². The van der Waals surface area contributed by atoms with Crippen LogP contribution in [0, 0.1) is 0 Å². The number of aryl methyl sites for hydroxylation is 1. The Morgan fingerprint density at radius 2 is 1.81 bits per heavy atom. The van der Waals surface area contributed by atoms with Gasteiger partial charge in [-0.05, 0) is 55.4 Å². The maximum Gasteiger partial charge on any atom is 0.324 e. The van der Waals surface area contributed by atoms with Gasteiger partial charge in [0.2, 0.25) is 5.91 Å². The first-order chi connectivity index (χ1) is 17.6. The van der Waals surface area contributed by atoms with Crippen molar-refractivity contribution in [2.24, 2.45) is 0 Å². The molecule has 3 heterocycles. The van der Waals surface area contributed by atoms with Crippen molar-refractivity contribution in [1.82, 2.24) is 25.5 Å². The van der Waals surface area contributed by atoms with Crippen LogP contribution in [-0.4, -0.2) is 45.3 Å². The molecular weight excluding hydrogens is 454 g/mol. The zero-order valence-electron chi connectivity index (χ0n) is 20.0. The third kappa shape index (κ3) is 4.02. The Kier molecular flexibility index (Phi) is 5.71. The predicted molar refractivity (Wildman–Crippen MR) is 137 cm³/mol. The molecule has 0 unspecified atom stereocenters. The number of carbonyl (C=O) groups excluding carboxylic acids is 3. The SMILES string of the molecule is O=C(CC[C@@H]1NC(=O)N(CCc2c[nH]c3ccccc23)C1=O)N[C@H]1CCCc2c1[nH]c1ccccc21. The molecule has 1 saturated heterocycles. The molecule has 1 aliphatic carbocycles. The summed E-state index contributed by atoms with van der Waals surface area (Å²) in [5, 5.41) is 8.22. The number of nitrogens with one attached hydrogen (secondary N) is 4. The fourth-order valence-corrected chi connectivity index (χ4v) is 5.66. The van der Waals surface area contributed by atoms with Crippen LogP contribution in [0.5, 0.6) is 0 Å². The molecule has 184 valence electrons. The predicted octanol–water partition coefficient (Wildman–Crippen LogP) is 4.09. The van der Waals surface area contributed by atoms with E-state index in [-0.39, 0.29) is 36.7 Å². The number of H-pyrrole nitrogens is 2. The fourth-order valence-electron chi connectivity index (χ4n) is 5.66. The van der Waals surface area contributed by atoms with Gasteiger partial charge in [-0.3, -0.25) is 14.5 Å². The van der Waals surface area contributed by atoms with Crippen LogP contribution in [0.15, 0.2) is 54.7 Å². The molecule has 8 nitrogen and oxygen atoms in total. The van der Waals surface area contributed by atoms with Crippen LogP contribution in [0.1, 0.15) is 48.5 Å². The summed E-state index contributed by atoms with van der Waals surface area (Å²) in [5.41, 5.74) is 5.57. The molecule has 2 aromatic carbocycles. The number of imide groups is 1. The third-order valence-electron chi connectivity index (χ3n) is 7.50. The molecular formula is C28H29N5O3. The molecule has 8 heteroatoms. The number of hydrogen-bond donors (Lipinski definition) is 4. The van der Waals surface area contributed by atoms with Crippen LogP contribution < -0.4 is 10.6 Å². The lowest BCUT2D eigenvalue weighted by molar-refractivity contribution is -0.127. The highest BCUT2D eigenvalue weighted by Gasteiger charge is 2.37. The lowest BCUT2D eigenvalue weighted by atomic mass is 9.91. The number of fused-ring (bicyclic) bond motifs is 4. The van der Waals surface area contributed by atoms with Crippen molar-refractivity contribution in [3.8, 4) is 0 Å². The van der Waals surface area contributed by atoms with Gasteiger partial charge >= 0.3 is 6.03 Å². The number of aromatic amines is 2. The van der Waals surface area contributed by atoms with Crippen molar-refractivity contribution < 1.29 is 14.4 Å². The molecule has 0 spiro atoms. The van der Waals surface area contributed by atoms with Crippen molar-refractivity contribution >= 4 is 39.7 Å². The van der Waals surface area contributed by atoms with Crippen LogP contribution in [-0.2, 0) is 22.4 Å². The number of para-hydroxylation sites is 2. The second-order valence-corrected chi connectivity index (χ2v) is 9.72. The van der Waals surface area contributed by atoms with Gasteiger partial charge in [-0.15, -0.1) is 0 Å². The highest BCUT2D eigenvalue weighted by atomic mass is 16.2. The van der Waals surface area contributed by atoms with Gasteiger partial charge in [-0.25, -0.2) is 4.79 Å². The summed E-state index contributed by atoms with van der Waals surface area (Å²) < 4.78 is 0. The van der Waals surface area contributed by atoms with E-state index < -0.39 is 6.04 Å². The van der Waals surface area contributed by atoms with Crippen molar-refractivity contribution in [2.45, 2.75) is 50.6 Å². The Labute approximate surface area is 208 Å². The Morgan fingerprint density at radius 3 is 2.67 bits per heavy atom. The minimum Gasteiger partial charge on any atom is -0.361 e. The van der Waals surface area contributed by atoms with Gasteiger partial charge < -0.3 is 20.6 Å². The van der Waals surface area contributed by atoms with E-state index in [0.29, 0.717) is 13.0 Å². The third-order valence-corrected chi connectivity index (χ3v) is 7.50. The largest absolute Gasteiger partial charge is 0.361 e. The Balaban J connectivity index is 1.05. The molecule has 6 rings (SSSR count). The Morgan fingerprint density at radius 1 is 1.03 bits per heavy atom. The normalized spacial score (nSPS) is 19.6. The number of urea groups is 1. The van der Waals surface area contributed by atoms with E-state index in [9.17, 15) is 14.4 Å². The van der Waals surface area contributed by atoms with Crippen LogP contribution in [0.4, 0.5) is 4.79 Å². The molecule has 2 aliphatic rings. The topological polar surface area (TPSA) is 110 Å². The molecule has 1 aliphatic heterocycles. The number of hydrogen-bond acceptors (Lipinski definition) is 3. The zero-order chi connectivity index (χ0) is 24.6. The number of rotatable bonds is 7. The fraction of sp³-hybridized carbons (Fsp3) is 0.321. The summed E-state index contributed by atoms with van der Waals surface area (Å²) in [7, 11) is 0. The van der Waals surface area contributed by atoms with Gasteiger partial charge in [0.25, 0.3) is 5.91 Å². The summed E-state index contributed by atoms with van der Waals surface area (Å²) in [6.45, 7) is 0.306. The van der Waals surface area contributed by atoms with E-state index in [0.717, 1.165) is 46.9 Å². The molecule has 36 heavy (non-hydrogen) atoms. The first-order valence-electron chi connectivity index (χ1n) is 12.6. The molecule has 0 saturated carbocycles. The minimum absolute atomic E-state index is 0.0600. The first kappa shape index (κ1) is 22.4. The number of nitrogens with zero attached hydrogens (tertiary/aromatic N) is 1. The Hall–Kier alpha value is -4.07. The smallest absolute Gasteiger partial charge is 0.324 e. The quantitative estimate of drug-likeness (QED) is 0.297. The minimum atomic E-state index is -0.666. The summed E-state index contributed by atoms with van der Waals surface area (Å²) in [6, 6.07) is 15.1. The van der Waals surface area contributed by atoms with Gasteiger partial charge in [0, 0.05) is 46.7 Å².